The lowest BCUT2D eigenvalue weighted by Crippen LogP contribution is -2.55. The first-order chi connectivity index (χ1) is 15.1. The summed E-state index contributed by atoms with van der Waals surface area (Å²) in [6, 6.07) is 11.7. The molecule has 1 fully saturated rings. The van der Waals surface area contributed by atoms with Gasteiger partial charge in [0.25, 0.3) is 5.91 Å². The second-order valence-electron chi connectivity index (χ2n) is 9.33. The summed E-state index contributed by atoms with van der Waals surface area (Å²) in [5.41, 5.74) is 5.39. The zero-order chi connectivity index (χ0) is 23.0. The van der Waals surface area contributed by atoms with Crippen molar-refractivity contribution < 1.29 is 14.3 Å². The van der Waals surface area contributed by atoms with Crippen LogP contribution < -0.4 is 14.5 Å². The lowest BCUT2D eigenvalue weighted by Gasteiger charge is -2.40. The van der Waals surface area contributed by atoms with Gasteiger partial charge in [-0.1, -0.05) is 12.1 Å². The number of rotatable bonds is 3. The number of nitrogens with zero attached hydrogens (tertiary/aromatic N) is 2. The Kier molecular flexibility index (Phi) is 4.55. The smallest absolute Gasteiger partial charge is 0.269 e. The molecule has 3 heterocycles. The van der Waals surface area contributed by atoms with Crippen LogP contribution in [0.15, 0.2) is 42.5 Å². The van der Waals surface area contributed by atoms with E-state index in [1.54, 1.807) is 4.90 Å². The third-order valence-electron chi connectivity index (χ3n) is 6.54. The van der Waals surface area contributed by atoms with Crippen LogP contribution in [0.2, 0.25) is 0 Å². The molecule has 3 aliphatic heterocycles. The summed E-state index contributed by atoms with van der Waals surface area (Å²) in [5.74, 6) is 0.643. The van der Waals surface area contributed by atoms with Crippen molar-refractivity contribution in [3.8, 4) is 5.75 Å². The maximum Gasteiger partial charge on any atom is 0.269 e. The van der Waals surface area contributed by atoms with Crippen molar-refractivity contribution in [3.05, 3.63) is 59.2 Å². The van der Waals surface area contributed by atoms with Gasteiger partial charge in [0.1, 0.15) is 5.75 Å². The maximum atomic E-state index is 14.3. The van der Waals surface area contributed by atoms with Crippen LogP contribution in [0.5, 0.6) is 5.75 Å². The molecule has 2 aromatic rings. The highest BCUT2D eigenvalue weighted by molar-refractivity contribution is 8.03. The molecular formula is C26H28N2O3S. The molecule has 1 spiro atoms. The monoisotopic (exact) mass is 448 g/mol. The Balaban J connectivity index is 1.77. The van der Waals surface area contributed by atoms with Gasteiger partial charge < -0.3 is 4.74 Å². The molecule has 5 rings (SSSR count). The van der Waals surface area contributed by atoms with Crippen molar-refractivity contribution in [2.24, 2.45) is 0 Å². The van der Waals surface area contributed by atoms with Crippen molar-refractivity contribution in [2.75, 3.05) is 16.4 Å². The van der Waals surface area contributed by atoms with Gasteiger partial charge in [-0.3, -0.25) is 19.4 Å². The number of hydrogen-bond donors (Lipinski definition) is 0. The van der Waals surface area contributed by atoms with Crippen LogP contribution in [0.4, 0.5) is 11.4 Å². The molecule has 3 aliphatic rings. The molecule has 1 saturated heterocycles. The molecule has 2 unspecified atom stereocenters. The number of carbonyl (C=O) groups is 2. The molecule has 5 nitrogen and oxygen atoms in total. The van der Waals surface area contributed by atoms with E-state index < -0.39 is 10.4 Å². The summed E-state index contributed by atoms with van der Waals surface area (Å²) in [4.78, 5) is 30.4. The molecule has 0 bridgehead atoms. The Morgan fingerprint density at radius 3 is 2.41 bits per heavy atom. The lowest BCUT2D eigenvalue weighted by molar-refractivity contribution is -0.124. The van der Waals surface area contributed by atoms with Crippen LogP contribution in [0.25, 0.3) is 5.57 Å². The number of allylic oxidation sites excluding steroid dienone is 1. The Morgan fingerprint density at radius 1 is 1.06 bits per heavy atom. The molecule has 166 valence electrons. The highest BCUT2D eigenvalue weighted by Crippen LogP contribution is 2.61. The Hall–Kier alpha value is -2.73. The fraction of sp³-hybridized carbons (Fsp3) is 0.385. The molecule has 0 aliphatic carbocycles. The minimum absolute atomic E-state index is 0.0508. The number of amides is 2. The van der Waals surface area contributed by atoms with E-state index in [0.29, 0.717) is 12.3 Å². The standard InChI is InChI=1S/C26H28N2O3S/c1-7-31-19-10-8-18(9-11-19)27-23(29)17(4)32-26(27)21-13-15(2)12-20-16(3)14-25(5,6)28(22(20)21)24(26)30/h8-14,17H,7H2,1-6H3. The van der Waals surface area contributed by atoms with Crippen LogP contribution in [-0.4, -0.2) is 29.2 Å². The molecule has 0 aromatic heterocycles. The Bertz CT molecular complexity index is 1180. The third kappa shape index (κ3) is 2.65. The van der Waals surface area contributed by atoms with Gasteiger partial charge in [0.2, 0.25) is 10.8 Å². The maximum absolute atomic E-state index is 14.3. The van der Waals surface area contributed by atoms with Crippen molar-refractivity contribution >= 4 is 40.5 Å². The molecule has 0 N–H and O–H groups in total. The number of carbonyl (C=O) groups excluding carboxylic acids is 2. The average molecular weight is 449 g/mol. The van der Waals surface area contributed by atoms with E-state index >= 15 is 0 Å². The quantitative estimate of drug-likeness (QED) is 0.643. The highest BCUT2D eigenvalue weighted by Gasteiger charge is 2.65. The van der Waals surface area contributed by atoms with E-state index in [2.05, 4.69) is 45.9 Å². The second-order valence-corrected chi connectivity index (χ2v) is 10.9. The number of benzene rings is 2. The number of aryl methyl sites for hydroxylation is 1. The molecule has 2 amide bonds. The summed E-state index contributed by atoms with van der Waals surface area (Å²) in [7, 11) is 0. The van der Waals surface area contributed by atoms with Crippen LogP contribution in [0, 0.1) is 6.92 Å². The molecular weight excluding hydrogens is 420 g/mol. The number of thioether (sulfide) groups is 1. The van der Waals surface area contributed by atoms with Crippen LogP contribution >= 0.6 is 11.8 Å². The highest BCUT2D eigenvalue weighted by atomic mass is 32.2. The second kappa shape index (κ2) is 6.88. The minimum atomic E-state index is -1.12. The molecule has 2 aromatic carbocycles. The first kappa shape index (κ1) is 21.1. The molecule has 2 atom stereocenters. The van der Waals surface area contributed by atoms with Gasteiger partial charge in [-0.15, -0.1) is 11.8 Å². The fourth-order valence-electron chi connectivity index (χ4n) is 5.36. The summed E-state index contributed by atoms with van der Waals surface area (Å²) in [6.07, 6.45) is 2.15. The number of hydrogen-bond acceptors (Lipinski definition) is 4. The number of ether oxygens (including phenoxy) is 1. The summed E-state index contributed by atoms with van der Waals surface area (Å²) in [6.45, 7) is 12.7. The van der Waals surface area contributed by atoms with Crippen molar-refractivity contribution in [2.45, 2.75) is 57.2 Å². The third-order valence-corrected chi connectivity index (χ3v) is 8.02. The zero-order valence-corrected chi connectivity index (χ0v) is 20.2. The molecule has 0 radical (unpaired) electrons. The van der Waals surface area contributed by atoms with Gasteiger partial charge in [-0.2, -0.15) is 0 Å². The van der Waals surface area contributed by atoms with Crippen molar-refractivity contribution in [1.29, 1.82) is 0 Å². The molecule has 0 saturated carbocycles. The molecule has 6 heteroatoms. The van der Waals surface area contributed by atoms with E-state index in [-0.39, 0.29) is 17.1 Å². The lowest BCUT2D eigenvalue weighted by atomic mass is 9.88. The van der Waals surface area contributed by atoms with Gasteiger partial charge >= 0.3 is 0 Å². The van der Waals surface area contributed by atoms with Crippen LogP contribution in [0.3, 0.4) is 0 Å². The summed E-state index contributed by atoms with van der Waals surface area (Å²) in [5, 5.41) is -0.333. The van der Waals surface area contributed by atoms with E-state index in [4.69, 9.17) is 4.74 Å². The fourth-order valence-corrected chi connectivity index (χ4v) is 6.86. The average Bonchev–Trinajstić information content (AvgIpc) is 3.13. The van der Waals surface area contributed by atoms with E-state index in [9.17, 15) is 9.59 Å². The van der Waals surface area contributed by atoms with Crippen LogP contribution in [-0.2, 0) is 14.5 Å². The largest absolute Gasteiger partial charge is 0.494 e. The summed E-state index contributed by atoms with van der Waals surface area (Å²) >= 11 is 1.45. The normalized spacial score (nSPS) is 25.4. The van der Waals surface area contributed by atoms with Crippen molar-refractivity contribution in [1.82, 2.24) is 0 Å². The predicted octanol–water partition coefficient (Wildman–Crippen LogP) is 5.26. The van der Waals surface area contributed by atoms with Gasteiger partial charge in [0.05, 0.1) is 23.1 Å². The first-order valence-corrected chi connectivity index (χ1v) is 11.9. The predicted molar refractivity (Wildman–Crippen MR) is 130 cm³/mol. The topological polar surface area (TPSA) is 49.9 Å². The van der Waals surface area contributed by atoms with Gasteiger partial charge in [0.15, 0.2) is 0 Å². The first-order valence-electron chi connectivity index (χ1n) is 11.1. The van der Waals surface area contributed by atoms with E-state index in [1.807, 2.05) is 43.0 Å². The van der Waals surface area contributed by atoms with E-state index in [1.165, 1.54) is 11.8 Å². The number of fused-ring (bicyclic) bond motifs is 1. The molecule has 32 heavy (non-hydrogen) atoms. The van der Waals surface area contributed by atoms with E-state index in [0.717, 1.165) is 33.7 Å². The van der Waals surface area contributed by atoms with Crippen molar-refractivity contribution in [3.63, 3.8) is 0 Å². The van der Waals surface area contributed by atoms with Gasteiger partial charge in [0, 0.05) is 16.8 Å². The van der Waals surface area contributed by atoms with Gasteiger partial charge in [-0.25, -0.2) is 0 Å². The SMILES string of the molecule is CCOc1ccc(N2C(=O)C(C)SC23C(=O)N2c4c(cc(C)cc43)C(C)=CC2(C)C)cc1. The summed E-state index contributed by atoms with van der Waals surface area (Å²) < 4.78 is 5.59. The Morgan fingerprint density at radius 2 is 1.75 bits per heavy atom. The number of anilines is 2. The Labute approximate surface area is 193 Å². The minimum Gasteiger partial charge on any atom is -0.494 e. The van der Waals surface area contributed by atoms with Crippen LogP contribution in [0.1, 0.15) is 51.3 Å². The van der Waals surface area contributed by atoms with Gasteiger partial charge in [-0.05, 0) is 83.0 Å². The zero-order valence-electron chi connectivity index (χ0n) is 19.4.